The minimum absolute atomic E-state index is 0.154. The number of rotatable bonds is 2. The molecule has 0 amide bonds. The molecule has 0 fully saturated rings. The second-order valence-corrected chi connectivity index (χ2v) is 4.59. The summed E-state index contributed by atoms with van der Waals surface area (Å²) in [6.45, 7) is 3.79. The van der Waals surface area contributed by atoms with E-state index >= 15 is 0 Å². The summed E-state index contributed by atoms with van der Waals surface area (Å²) >= 11 is 9.45. The fourth-order valence-corrected chi connectivity index (χ4v) is 2.25. The summed E-state index contributed by atoms with van der Waals surface area (Å²) in [4.78, 5) is 0.978. The Morgan fingerprint density at radius 3 is 2.79 bits per heavy atom. The number of hydrogen-bond donors (Lipinski definition) is 2. The van der Waals surface area contributed by atoms with Crippen LogP contribution in [0.5, 0.6) is 0 Å². The van der Waals surface area contributed by atoms with Gasteiger partial charge >= 0.3 is 0 Å². The lowest BCUT2D eigenvalue weighted by molar-refractivity contribution is 1.03. The summed E-state index contributed by atoms with van der Waals surface area (Å²) in [6.07, 6.45) is 0. The SMILES string of the molecule is C/C(=N/NC(N)=S)c1snc(C)c1Br. The predicted octanol–water partition coefficient (Wildman–Crippen LogP) is 1.77. The molecule has 0 aromatic carbocycles. The molecule has 3 N–H and O–H groups in total. The van der Waals surface area contributed by atoms with Crippen LogP contribution in [0.1, 0.15) is 17.5 Å². The van der Waals surface area contributed by atoms with Crippen molar-refractivity contribution in [1.29, 1.82) is 0 Å². The predicted molar refractivity (Wildman–Crippen MR) is 66.7 cm³/mol. The average molecular weight is 293 g/mol. The van der Waals surface area contributed by atoms with Crippen molar-refractivity contribution in [1.82, 2.24) is 9.80 Å². The van der Waals surface area contributed by atoms with E-state index in [-0.39, 0.29) is 5.11 Å². The van der Waals surface area contributed by atoms with Crippen LogP contribution in [-0.2, 0) is 0 Å². The van der Waals surface area contributed by atoms with Gasteiger partial charge in [0.15, 0.2) is 5.11 Å². The summed E-state index contributed by atoms with van der Waals surface area (Å²) in [5.41, 5.74) is 9.54. The molecular weight excluding hydrogens is 284 g/mol. The number of hydrogen-bond acceptors (Lipinski definition) is 4. The van der Waals surface area contributed by atoms with Crippen molar-refractivity contribution in [3.05, 3.63) is 15.0 Å². The van der Waals surface area contributed by atoms with E-state index in [2.05, 4.69) is 43.0 Å². The lowest BCUT2D eigenvalue weighted by atomic mass is 10.3. The molecule has 1 aromatic rings. The third-order valence-electron chi connectivity index (χ3n) is 1.45. The zero-order chi connectivity index (χ0) is 10.7. The molecule has 0 atom stereocenters. The highest BCUT2D eigenvalue weighted by Crippen LogP contribution is 2.24. The van der Waals surface area contributed by atoms with Gasteiger partial charge in [0.1, 0.15) is 0 Å². The van der Waals surface area contributed by atoms with E-state index in [1.54, 1.807) is 0 Å². The molecule has 1 heterocycles. The van der Waals surface area contributed by atoms with E-state index in [9.17, 15) is 0 Å². The second-order valence-electron chi connectivity index (χ2n) is 2.58. The molecule has 7 heteroatoms. The molecule has 0 bridgehead atoms. The lowest BCUT2D eigenvalue weighted by Gasteiger charge is -1.98. The Morgan fingerprint density at radius 2 is 2.36 bits per heavy atom. The van der Waals surface area contributed by atoms with Crippen LogP contribution in [0.4, 0.5) is 0 Å². The number of halogens is 1. The van der Waals surface area contributed by atoms with E-state index in [0.29, 0.717) is 0 Å². The van der Waals surface area contributed by atoms with Crippen LogP contribution in [0.25, 0.3) is 0 Å². The summed E-state index contributed by atoms with van der Waals surface area (Å²) in [6, 6.07) is 0. The van der Waals surface area contributed by atoms with Crippen molar-refractivity contribution < 1.29 is 0 Å². The third-order valence-corrected chi connectivity index (χ3v) is 3.82. The van der Waals surface area contributed by atoms with Crippen molar-refractivity contribution in [2.75, 3.05) is 0 Å². The largest absolute Gasteiger partial charge is 0.375 e. The van der Waals surface area contributed by atoms with Gasteiger partial charge in [0, 0.05) is 0 Å². The van der Waals surface area contributed by atoms with E-state index in [4.69, 9.17) is 5.73 Å². The number of aryl methyl sites for hydroxylation is 1. The van der Waals surface area contributed by atoms with Gasteiger partial charge in [-0.15, -0.1) is 0 Å². The normalized spacial score (nSPS) is 11.5. The molecular formula is C7H9BrN4S2. The van der Waals surface area contributed by atoms with E-state index < -0.39 is 0 Å². The van der Waals surface area contributed by atoms with Gasteiger partial charge in [-0.25, -0.2) is 0 Å². The highest BCUT2D eigenvalue weighted by atomic mass is 79.9. The molecule has 0 aliphatic rings. The fourth-order valence-electron chi connectivity index (χ4n) is 0.773. The molecule has 0 saturated heterocycles. The Balaban J connectivity index is 2.89. The molecule has 76 valence electrons. The first-order chi connectivity index (χ1) is 6.52. The first kappa shape index (κ1) is 11.5. The molecule has 0 aliphatic carbocycles. The highest BCUT2D eigenvalue weighted by molar-refractivity contribution is 9.10. The lowest BCUT2D eigenvalue weighted by Crippen LogP contribution is -2.25. The topological polar surface area (TPSA) is 63.3 Å². The van der Waals surface area contributed by atoms with Crippen molar-refractivity contribution >= 4 is 50.5 Å². The van der Waals surface area contributed by atoms with Gasteiger partial charge in [-0.05, 0) is 53.5 Å². The smallest absolute Gasteiger partial charge is 0.184 e. The van der Waals surface area contributed by atoms with Crippen molar-refractivity contribution in [2.45, 2.75) is 13.8 Å². The summed E-state index contributed by atoms with van der Waals surface area (Å²) in [7, 11) is 0. The Bertz CT molecular complexity index is 385. The van der Waals surface area contributed by atoms with Gasteiger partial charge in [0.25, 0.3) is 0 Å². The maximum Gasteiger partial charge on any atom is 0.184 e. The van der Waals surface area contributed by atoms with Gasteiger partial charge in [-0.2, -0.15) is 9.47 Å². The third kappa shape index (κ3) is 2.73. The molecule has 1 aromatic heterocycles. The Kier molecular flexibility index (Phi) is 3.97. The Morgan fingerprint density at radius 1 is 1.71 bits per heavy atom. The van der Waals surface area contributed by atoms with Crippen molar-refractivity contribution in [3.63, 3.8) is 0 Å². The van der Waals surface area contributed by atoms with Crippen molar-refractivity contribution in [2.24, 2.45) is 10.8 Å². The van der Waals surface area contributed by atoms with E-state index in [1.165, 1.54) is 11.5 Å². The first-order valence-corrected chi connectivity index (χ1v) is 5.71. The van der Waals surface area contributed by atoms with E-state index in [1.807, 2.05) is 13.8 Å². The van der Waals surface area contributed by atoms with Crippen LogP contribution in [0.2, 0.25) is 0 Å². The number of nitrogens with zero attached hydrogens (tertiary/aromatic N) is 2. The molecule has 0 spiro atoms. The number of thiocarbonyl (C=S) groups is 1. The average Bonchev–Trinajstić information content (AvgIpc) is 2.44. The number of nitrogens with two attached hydrogens (primary N) is 1. The molecule has 0 unspecified atom stereocenters. The van der Waals surface area contributed by atoms with Crippen molar-refractivity contribution in [3.8, 4) is 0 Å². The molecule has 0 aliphatic heterocycles. The Hall–Kier alpha value is -0.530. The zero-order valence-corrected chi connectivity index (χ0v) is 10.9. The van der Waals surface area contributed by atoms with Crippen LogP contribution < -0.4 is 11.2 Å². The number of nitrogens with one attached hydrogen (secondary N) is 1. The summed E-state index contributed by atoms with van der Waals surface area (Å²) in [5.74, 6) is 0. The Labute approximate surface area is 99.9 Å². The molecule has 4 nitrogen and oxygen atoms in total. The van der Waals surface area contributed by atoms with Crippen LogP contribution in [0.3, 0.4) is 0 Å². The summed E-state index contributed by atoms with van der Waals surface area (Å²) < 4.78 is 5.15. The first-order valence-electron chi connectivity index (χ1n) is 3.74. The van der Waals surface area contributed by atoms with Crippen LogP contribution in [0.15, 0.2) is 9.57 Å². The molecule has 1 rings (SSSR count). The molecule has 0 saturated carbocycles. The maximum absolute atomic E-state index is 5.25. The quantitative estimate of drug-likeness (QED) is 0.495. The monoisotopic (exact) mass is 292 g/mol. The van der Waals surface area contributed by atoms with Gasteiger partial charge < -0.3 is 5.73 Å². The summed E-state index contributed by atoms with van der Waals surface area (Å²) in [5, 5.41) is 4.16. The van der Waals surface area contributed by atoms with Crippen LogP contribution in [0, 0.1) is 6.92 Å². The van der Waals surface area contributed by atoms with Gasteiger partial charge in [-0.1, -0.05) is 0 Å². The standard InChI is InChI=1S/C7H9BrN4S2/c1-3-5(8)6(14-12-3)4(2)10-11-7(9)13/h1-2H3,(H3,9,11,13)/b10-4-. The number of aromatic nitrogens is 1. The van der Waals surface area contributed by atoms with Crippen LogP contribution >= 0.6 is 39.7 Å². The van der Waals surface area contributed by atoms with Crippen LogP contribution in [-0.4, -0.2) is 15.2 Å². The van der Waals surface area contributed by atoms with Gasteiger partial charge in [0.2, 0.25) is 0 Å². The fraction of sp³-hybridized carbons (Fsp3) is 0.286. The minimum atomic E-state index is 0.154. The number of hydrazone groups is 1. The maximum atomic E-state index is 5.25. The van der Waals surface area contributed by atoms with E-state index in [0.717, 1.165) is 20.8 Å². The highest BCUT2D eigenvalue weighted by Gasteiger charge is 2.10. The minimum Gasteiger partial charge on any atom is -0.375 e. The second kappa shape index (κ2) is 4.81. The molecule has 14 heavy (non-hydrogen) atoms. The van der Waals surface area contributed by atoms with Gasteiger partial charge in [0.05, 0.1) is 20.8 Å². The zero-order valence-electron chi connectivity index (χ0n) is 7.67. The van der Waals surface area contributed by atoms with Gasteiger partial charge in [-0.3, -0.25) is 5.43 Å². The molecule has 0 radical (unpaired) electrons.